The maximum atomic E-state index is 2.36. The number of hydrogen-bond donors (Lipinski definition) is 0. The Kier molecular flexibility index (Phi) is 2.31. The van der Waals surface area contributed by atoms with Gasteiger partial charge in [0.15, 0.2) is 0 Å². The molecule has 0 radical (unpaired) electrons. The van der Waals surface area contributed by atoms with E-state index in [-0.39, 0.29) is 7.92 Å². The number of rotatable bonds is 1. The molecule has 0 fully saturated rings. The summed E-state index contributed by atoms with van der Waals surface area (Å²) in [4.78, 5) is 0. The van der Waals surface area contributed by atoms with Gasteiger partial charge in [-0.2, -0.15) is 0 Å². The van der Waals surface area contributed by atoms with Gasteiger partial charge in [0.25, 0.3) is 0 Å². The van der Waals surface area contributed by atoms with E-state index in [2.05, 4.69) is 66.8 Å². The van der Waals surface area contributed by atoms with Crippen LogP contribution in [0.4, 0.5) is 0 Å². The summed E-state index contributed by atoms with van der Waals surface area (Å²) in [5.74, 6) is 0. The Labute approximate surface area is 91.8 Å². The van der Waals surface area contributed by atoms with E-state index >= 15 is 0 Å². The lowest BCUT2D eigenvalue weighted by Crippen LogP contribution is -2.11. The predicted octanol–water partition coefficient (Wildman–Crippen LogP) is 3.23. The normalized spacial score (nSPS) is 31.9. The molecular weight excluding hydrogens is 199 g/mol. The first kappa shape index (κ1) is 9.12. The highest BCUT2D eigenvalue weighted by atomic mass is 31.1. The zero-order valence-electron chi connectivity index (χ0n) is 8.45. The zero-order chi connectivity index (χ0) is 10.1. The fourth-order valence-corrected chi connectivity index (χ4v) is 4.97. The van der Waals surface area contributed by atoms with Crippen LogP contribution in [0.15, 0.2) is 66.8 Å². The molecular formula is C14H13P. The predicted molar refractivity (Wildman–Crippen MR) is 68.0 cm³/mol. The van der Waals surface area contributed by atoms with Gasteiger partial charge in [0, 0.05) is 11.3 Å². The van der Waals surface area contributed by atoms with Crippen molar-refractivity contribution in [1.82, 2.24) is 0 Å². The van der Waals surface area contributed by atoms with E-state index in [0.29, 0.717) is 11.3 Å². The van der Waals surface area contributed by atoms with Crippen molar-refractivity contribution in [3.8, 4) is 0 Å². The van der Waals surface area contributed by atoms with Gasteiger partial charge < -0.3 is 0 Å². The molecule has 2 heterocycles. The minimum Gasteiger partial charge on any atom is -0.0760 e. The summed E-state index contributed by atoms with van der Waals surface area (Å²) in [6.07, 6.45) is 13.8. The Morgan fingerprint density at radius 1 is 0.733 bits per heavy atom. The van der Waals surface area contributed by atoms with E-state index in [1.54, 1.807) is 0 Å². The first-order chi connectivity index (χ1) is 7.45. The minimum absolute atomic E-state index is 0.0895. The fourth-order valence-electron chi connectivity index (χ4n) is 2.23. The Balaban J connectivity index is 2.02. The maximum Gasteiger partial charge on any atom is 0.0202 e. The van der Waals surface area contributed by atoms with Gasteiger partial charge in [-0.1, -0.05) is 74.7 Å². The van der Waals surface area contributed by atoms with Crippen LogP contribution in [-0.2, 0) is 0 Å². The molecule has 2 aliphatic heterocycles. The molecule has 1 unspecified atom stereocenters. The van der Waals surface area contributed by atoms with Gasteiger partial charge in [0.2, 0.25) is 0 Å². The quantitative estimate of drug-likeness (QED) is 0.495. The van der Waals surface area contributed by atoms with Crippen LogP contribution in [0.3, 0.4) is 0 Å². The summed E-state index contributed by atoms with van der Waals surface area (Å²) >= 11 is 0. The molecule has 1 heteroatoms. The highest BCUT2D eigenvalue weighted by Crippen LogP contribution is 2.52. The molecule has 2 bridgehead atoms. The molecule has 74 valence electrons. The second-order valence-electron chi connectivity index (χ2n) is 3.88. The zero-order valence-corrected chi connectivity index (χ0v) is 9.35. The van der Waals surface area contributed by atoms with E-state index in [9.17, 15) is 0 Å². The Bertz CT molecular complexity index is 406. The van der Waals surface area contributed by atoms with Crippen LogP contribution < -0.4 is 5.30 Å². The van der Waals surface area contributed by atoms with E-state index in [0.717, 1.165) is 0 Å². The molecule has 0 nitrogen and oxygen atoms in total. The molecule has 0 N–H and O–H groups in total. The van der Waals surface area contributed by atoms with Crippen molar-refractivity contribution < 1.29 is 0 Å². The molecule has 2 aliphatic rings. The molecule has 1 aromatic rings. The lowest BCUT2D eigenvalue weighted by atomic mass is 10.2. The third-order valence-corrected chi connectivity index (χ3v) is 5.80. The van der Waals surface area contributed by atoms with Gasteiger partial charge in [-0.15, -0.1) is 0 Å². The Morgan fingerprint density at radius 2 is 1.33 bits per heavy atom. The van der Waals surface area contributed by atoms with Gasteiger partial charge in [-0.25, -0.2) is 0 Å². The van der Waals surface area contributed by atoms with Crippen molar-refractivity contribution in [1.29, 1.82) is 0 Å². The van der Waals surface area contributed by atoms with E-state index in [4.69, 9.17) is 0 Å². The van der Waals surface area contributed by atoms with Crippen LogP contribution in [0.1, 0.15) is 0 Å². The lowest BCUT2D eigenvalue weighted by molar-refractivity contribution is 1.41. The summed E-state index contributed by atoms with van der Waals surface area (Å²) < 4.78 is 0. The maximum absolute atomic E-state index is 2.36. The van der Waals surface area contributed by atoms with Crippen LogP contribution >= 0.6 is 7.92 Å². The Morgan fingerprint density at radius 3 is 1.93 bits per heavy atom. The minimum atomic E-state index is -0.0895. The van der Waals surface area contributed by atoms with E-state index < -0.39 is 0 Å². The molecule has 3 atom stereocenters. The molecule has 0 saturated heterocycles. The average Bonchev–Trinajstić information content (AvgIpc) is 2.53. The molecule has 0 spiro atoms. The van der Waals surface area contributed by atoms with Crippen molar-refractivity contribution in [2.24, 2.45) is 0 Å². The average molecular weight is 212 g/mol. The molecule has 0 aromatic heterocycles. The standard InChI is InChI=1S/C14H13P/c1-2-6-12(7-3-1)15-13-8-4-5-9-14(15)11-10-13/h1-11,13-14H/t13-,14+,15?. The van der Waals surface area contributed by atoms with Crippen molar-refractivity contribution in [2.45, 2.75) is 11.3 Å². The number of fused-ring (bicyclic) bond motifs is 2. The van der Waals surface area contributed by atoms with E-state index in [1.165, 1.54) is 5.30 Å². The molecule has 0 aliphatic carbocycles. The monoisotopic (exact) mass is 212 g/mol. The topological polar surface area (TPSA) is 0 Å². The number of hydrogen-bond acceptors (Lipinski definition) is 0. The Hall–Kier alpha value is -1.13. The molecule has 0 amide bonds. The first-order valence-electron chi connectivity index (χ1n) is 5.32. The largest absolute Gasteiger partial charge is 0.0760 e. The smallest absolute Gasteiger partial charge is 0.0202 e. The number of allylic oxidation sites excluding steroid dienone is 6. The van der Waals surface area contributed by atoms with E-state index in [1.807, 2.05) is 0 Å². The van der Waals surface area contributed by atoms with Crippen LogP contribution in [0.2, 0.25) is 0 Å². The summed E-state index contributed by atoms with van der Waals surface area (Å²) in [7, 11) is -0.0895. The molecule has 15 heavy (non-hydrogen) atoms. The van der Waals surface area contributed by atoms with Crippen molar-refractivity contribution >= 4 is 13.2 Å². The van der Waals surface area contributed by atoms with Gasteiger partial charge in [0.1, 0.15) is 0 Å². The third kappa shape index (κ3) is 1.60. The summed E-state index contributed by atoms with van der Waals surface area (Å²) in [6, 6.07) is 10.9. The van der Waals surface area contributed by atoms with Gasteiger partial charge in [0.05, 0.1) is 0 Å². The SMILES string of the molecule is C1=C[C@@H]2C=C[C@H](C=C1)P2c1ccccc1. The second-order valence-corrected chi connectivity index (χ2v) is 6.40. The highest BCUT2D eigenvalue weighted by molar-refractivity contribution is 7.68. The van der Waals surface area contributed by atoms with Gasteiger partial charge in [-0.3, -0.25) is 0 Å². The lowest BCUT2D eigenvalue weighted by Gasteiger charge is -2.21. The van der Waals surface area contributed by atoms with Crippen LogP contribution in [0, 0.1) is 0 Å². The van der Waals surface area contributed by atoms with Crippen molar-refractivity contribution in [3.05, 3.63) is 66.8 Å². The van der Waals surface area contributed by atoms with Crippen LogP contribution in [0.25, 0.3) is 0 Å². The molecule has 0 saturated carbocycles. The summed E-state index contributed by atoms with van der Waals surface area (Å²) in [5.41, 5.74) is 1.28. The fraction of sp³-hybridized carbons (Fsp3) is 0.143. The third-order valence-electron chi connectivity index (χ3n) is 2.93. The molecule has 1 aromatic carbocycles. The highest BCUT2D eigenvalue weighted by Gasteiger charge is 2.29. The second kappa shape index (κ2) is 3.79. The number of benzene rings is 1. The first-order valence-corrected chi connectivity index (χ1v) is 6.80. The molecule has 3 rings (SSSR count). The van der Waals surface area contributed by atoms with Gasteiger partial charge in [-0.05, 0) is 5.30 Å². The van der Waals surface area contributed by atoms with Crippen LogP contribution in [0.5, 0.6) is 0 Å². The van der Waals surface area contributed by atoms with Gasteiger partial charge >= 0.3 is 0 Å². The summed E-state index contributed by atoms with van der Waals surface area (Å²) in [6.45, 7) is 0. The van der Waals surface area contributed by atoms with Crippen LogP contribution in [-0.4, -0.2) is 11.3 Å². The summed E-state index contributed by atoms with van der Waals surface area (Å²) in [5, 5.41) is 1.52. The van der Waals surface area contributed by atoms with Crippen molar-refractivity contribution in [2.75, 3.05) is 0 Å². The van der Waals surface area contributed by atoms with Crippen molar-refractivity contribution in [3.63, 3.8) is 0 Å².